The molecule has 1 heterocycles. The molecule has 0 saturated heterocycles. The predicted molar refractivity (Wildman–Crippen MR) is 64.2 cm³/mol. The molecule has 17 heavy (non-hydrogen) atoms. The summed E-state index contributed by atoms with van der Waals surface area (Å²) >= 11 is 0. The Hall–Kier alpha value is -1.55. The summed E-state index contributed by atoms with van der Waals surface area (Å²) in [6.07, 6.45) is -0.0863. The van der Waals surface area contributed by atoms with E-state index in [-0.39, 0.29) is 5.78 Å². The number of hydrogen-bond donors (Lipinski definition) is 1. The summed E-state index contributed by atoms with van der Waals surface area (Å²) in [6, 6.07) is 7.05. The van der Waals surface area contributed by atoms with Crippen molar-refractivity contribution in [3.8, 4) is 11.5 Å². The number of para-hydroxylation sites is 2. The molecule has 1 atom stereocenters. The maximum atomic E-state index is 11.8. The van der Waals surface area contributed by atoms with Crippen LogP contribution >= 0.6 is 0 Å². The Morgan fingerprint density at radius 3 is 2.35 bits per heavy atom. The fourth-order valence-corrected chi connectivity index (χ4v) is 1.86. The lowest BCUT2D eigenvalue weighted by Crippen LogP contribution is -2.49. The van der Waals surface area contributed by atoms with Crippen molar-refractivity contribution in [2.75, 3.05) is 6.54 Å². The molecule has 0 radical (unpaired) electrons. The SMILES string of the molecule is CCNC(C(=O)CC)C1Oc2ccccc2O1. The van der Waals surface area contributed by atoms with Crippen molar-refractivity contribution in [2.24, 2.45) is 0 Å². The van der Waals surface area contributed by atoms with E-state index in [1.807, 2.05) is 38.1 Å². The van der Waals surface area contributed by atoms with Gasteiger partial charge >= 0.3 is 0 Å². The zero-order valence-corrected chi connectivity index (χ0v) is 10.1. The summed E-state index contributed by atoms with van der Waals surface area (Å²) in [4.78, 5) is 11.8. The van der Waals surface area contributed by atoms with Crippen LogP contribution in [0.25, 0.3) is 0 Å². The molecule has 1 N–H and O–H groups in total. The lowest BCUT2D eigenvalue weighted by Gasteiger charge is -2.21. The summed E-state index contributed by atoms with van der Waals surface area (Å²) in [5, 5.41) is 3.11. The molecular formula is C13H17NO3. The molecule has 2 rings (SSSR count). The molecule has 4 heteroatoms. The zero-order chi connectivity index (χ0) is 12.3. The Bertz CT molecular complexity index is 380. The standard InChI is InChI=1S/C13H17NO3/c1-3-9(15)12(14-4-2)13-16-10-7-5-6-8-11(10)17-13/h5-8,12-14H,3-4H2,1-2H3. The number of likely N-dealkylation sites (N-methyl/N-ethyl adjacent to an activating group) is 1. The molecular weight excluding hydrogens is 218 g/mol. The van der Waals surface area contributed by atoms with Crippen LogP contribution in [0.5, 0.6) is 11.5 Å². The molecule has 1 aliphatic heterocycles. The summed E-state index contributed by atoms with van der Waals surface area (Å²) in [5.74, 6) is 1.50. The monoisotopic (exact) mass is 235 g/mol. The number of ketones is 1. The third-order valence-corrected chi connectivity index (χ3v) is 2.73. The fraction of sp³-hybridized carbons (Fsp3) is 0.462. The second kappa shape index (κ2) is 5.19. The Kier molecular flexibility index (Phi) is 3.64. The van der Waals surface area contributed by atoms with E-state index in [9.17, 15) is 4.79 Å². The van der Waals surface area contributed by atoms with Gasteiger partial charge in [0.05, 0.1) is 0 Å². The molecule has 4 nitrogen and oxygen atoms in total. The van der Waals surface area contributed by atoms with Gasteiger partial charge in [-0.05, 0) is 18.7 Å². The molecule has 0 saturated carbocycles. The molecule has 1 aliphatic rings. The first kappa shape index (κ1) is 11.9. The maximum Gasteiger partial charge on any atom is 0.263 e. The first-order valence-electron chi connectivity index (χ1n) is 5.94. The van der Waals surface area contributed by atoms with Crippen LogP contribution in [0.2, 0.25) is 0 Å². The maximum absolute atomic E-state index is 11.8. The molecule has 0 aliphatic carbocycles. The van der Waals surface area contributed by atoms with Gasteiger partial charge in [0.1, 0.15) is 6.04 Å². The summed E-state index contributed by atoms with van der Waals surface area (Å²) in [6.45, 7) is 4.50. The van der Waals surface area contributed by atoms with Crippen molar-refractivity contribution in [1.29, 1.82) is 0 Å². The molecule has 0 aromatic heterocycles. The van der Waals surface area contributed by atoms with E-state index in [0.29, 0.717) is 24.5 Å². The number of ether oxygens (including phenoxy) is 2. The van der Waals surface area contributed by atoms with E-state index < -0.39 is 12.3 Å². The minimum absolute atomic E-state index is 0.102. The lowest BCUT2D eigenvalue weighted by atomic mass is 10.1. The minimum Gasteiger partial charge on any atom is -0.449 e. The number of Topliss-reactive ketones (excluding diaryl/α,β-unsaturated/α-hetero) is 1. The Morgan fingerprint density at radius 1 is 1.29 bits per heavy atom. The van der Waals surface area contributed by atoms with Gasteiger partial charge in [0.25, 0.3) is 6.29 Å². The molecule has 0 bridgehead atoms. The van der Waals surface area contributed by atoms with E-state index in [4.69, 9.17) is 9.47 Å². The number of nitrogens with one attached hydrogen (secondary N) is 1. The number of carbonyl (C=O) groups excluding carboxylic acids is 1. The Balaban J connectivity index is 2.11. The van der Waals surface area contributed by atoms with Crippen molar-refractivity contribution >= 4 is 5.78 Å². The van der Waals surface area contributed by atoms with E-state index >= 15 is 0 Å². The molecule has 0 fully saturated rings. The average Bonchev–Trinajstić information content (AvgIpc) is 2.78. The highest BCUT2D eigenvalue weighted by atomic mass is 16.7. The molecule has 1 aromatic carbocycles. The number of fused-ring (bicyclic) bond motifs is 1. The second-order valence-electron chi connectivity index (χ2n) is 3.91. The quantitative estimate of drug-likeness (QED) is 0.844. The van der Waals surface area contributed by atoms with Crippen LogP contribution in [-0.2, 0) is 4.79 Å². The van der Waals surface area contributed by atoms with Gasteiger partial charge in [-0.15, -0.1) is 0 Å². The summed E-state index contributed by atoms with van der Waals surface area (Å²) in [5.41, 5.74) is 0. The average molecular weight is 235 g/mol. The van der Waals surface area contributed by atoms with Gasteiger partial charge in [-0.3, -0.25) is 4.79 Å². The van der Waals surface area contributed by atoms with Gasteiger partial charge in [0.15, 0.2) is 17.3 Å². The van der Waals surface area contributed by atoms with Crippen LogP contribution < -0.4 is 14.8 Å². The van der Waals surface area contributed by atoms with E-state index in [1.54, 1.807) is 0 Å². The third-order valence-electron chi connectivity index (χ3n) is 2.73. The normalized spacial score (nSPS) is 15.9. The Labute approximate surface area is 101 Å². The van der Waals surface area contributed by atoms with Crippen molar-refractivity contribution in [2.45, 2.75) is 32.6 Å². The minimum atomic E-state index is -0.556. The van der Waals surface area contributed by atoms with Gasteiger partial charge in [0.2, 0.25) is 0 Å². The molecule has 1 unspecified atom stereocenters. The van der Waals surface area contributed by atoms with Crippen LogP contribution in [0.15, 0.2) is 24.3 Å². The Morgan fingerprint density at radius 2 is 1.88 bits per heavy atom. The first-order valence-corrected chi connectivity index (χ1v) is 5.94. The fourth-order valence-electron chi connectivity index (χ4n) is 1.86. The summed E-state index contributed by atoms with van der Waals surface area (Å²) in [7, 11) is 0. The van der Waals surface area contributed by atoms with Crippen molar-refractivity contribution in [3.63, 3.8) is 0 Å². The summed E-state index contributed by atoms with van der Waals surface area (Å²) < 4.78 is 11.3. The lowest BCUT2D eigenvalue weighted by molar-refractivity contribution is -0.126. The smallest absolute Gasteiger partial charge is 0.263 e. The number of hydrogen-bond acceptors (Lipinski definition) is 4. The number of carbonyl (C=O) groups is 1. The highest BCUT2D eigenvalue weighted by Gasteiger charge is 2.35. The molecule has 0 amide bonds. The number of benzene rings is 1. The van der Waals surface area contributed by atoms with E-state index in [0.717, 1.165) is 0 Å². The largest absolute Gasteiger partial charge is 0.449 e. The van der Waals surface area contributed by atoms with Crippen LogP contribution in [0, 0.1) is 0 Å². The highest BCUT2D eigenvalue weighted by molar-refractivity contribution is 5.84. The van der Waals surface area contributed by atoms with Gasteiger partial charge in [-0.2, -0.15) is 0 Å². The third kappa shape index (κ3) is 2.42. The van der Waals surface area contributed by atoms with Crippen molar-refractivity contribution in [1.82, 2.24) is 5.32 Å². The van der Waals surface area contributed by atoms with Crippen LogP contribution in [0.1, 0.15) is 20.3 Å². The molecule has 1 aromatic rings. The van der Waals surface area contributed by atoms with E-state index in [2.05, 4.69) is 5.32 Å². The van der Waals surface area contributed by atoms with Gasteiger partial charge in [-0.1, -0.05) is 26.0 Å². The predicted octanol–water partition coefficient (Wildman–Crippen LogP) is 1.74. The topological polar surface area (TPSA) is 47.6 Å². The highest BCUT2D eigenvalue weighted by Crippen LogP contribution is 2.34. The van der Waals surface area contributed by atoms with Crippen molar-refractivity contribution in [3.05, 3.63) is 24.3 Å². The van der Waals surface area contributed by atoms with Gasteiger partial charge in [-0.25, -0.2) is 0 Å². The van der Waals surface area contributed by atoms with Gasteiger partial charge in [0, 0.05) is 6.42 Å². The van der Waals surface area contributed by atoms with Crippen LogP contribution in [0.4, 0.5) is 0 Å². The second-order valence-corrected chi connectivity index (χ2v) is 3.91. The van der Waals surface area contributed by atoms with Crippen LogP contribution in [0.3, 0.4) is 0 Å². The first-order chi connectivity index (χ1) is 8.26. The van der Waals surface area contributed by atoms with E-state index in [1.165, 1.54) is 0 Å². The van der Waals surface area contributed by atoms with Crippen molar-refractivity contribution < 1.29 is 14.3 Å². The van der Waals surface area contributed by atoms with Crippen LogP contribution in [-0.4, -0.2) is 24.7 Å². The molecule has 92 valence electrons. The number of rotatable bonds is 5. The zero-order valence-electron chi connectivity index (χ0n) is 10.1. The van der Waals surface area contributed by atoms with Gasteiger partial charge < -0.3 is 14.8 Å². The molecule has 0 spiro atoms.